The summed E-state index contributed by atoms with van der Waals surface area (Å²) in [6, 6.07) is 2.49. The molecule has 1 aromatic rings. The SMILES string of the molecule is C[C@H]([C@@H](C[N+](=O)[O-])c1cccs1)[N+](=O)[O-]. The summed E-state index contributed by atoms with van der Waals surface area (Å²) in [7, 11) is 0. The zero-order valence-corrected chi connectivity index (χ0v) is 8.85. The van der Waals surface area contributed by atoms with Crippen molar-refractivity contribution in [3.05, 3.63) is 42.6 Å². The maximum atomic E-state index is 10.6. The first-order valence-electron chi connectivity index (χ1n) is 4.31. The normalized spacial score (nSPS) is 14.5. The molecule has 1 heterocycles. The fourth-order valence-corrected chi connectivity index (χ4v) is 2.21. The Morgan fingerprint density at radius 3 is 2.53 bits per heavy atom. The third-order valence-corrected chi connectivity index (χ3v) is 3.17. The van der Waals surface area contributed by atoms with Gasteiger partial charge in [-0.15, -0.1) is 11.3 Å². The zero-order chi connectivity index (χ0) is 11.4. The van der Waals surface area contributed by atoms with Crippen LogP contribution in [0.4, 0.5) is 0 Å². The van der Waals surface area contributed by atoms with Crippen LogP contribution in [0.1, 0.15) is 17.7 Å². The Morgan fingerprint density at radius 2 is 2.13 bits per heavy atom. The minimum atomic E-state index is -0.936. The lowest BCUT2D eigenvalue weighted by molar-refractivity contribution is -0.543. The highest BCUT2D eigenvalue weighted by Gasteiger charge is 2.33. The van der Waals surface area contributed by atoms with Crippen LogP contribution in [-0.4, -0.2) is 22.4 Å². The van der Waals surface area contributed by atoms with Crippen LogP contribution in [-0.2, 0) is 0 Å². The molecule has 0 radical (unpaired) electrons. The van der Waals surface area contributed by atoms with E-state index in [0.29, 0.717) is 4.88 Å². The summed E-state index contributed by atoms with van der Waals surface area (Å²) in [6.45, 7) is 0.997. The molecule has 0 aliphatic rings. The second-order valence-electron chi connectivity index (χ2n) is 3.16. The van der Waals surface area contributed by atoms with Crippen LogP contribution in [0.2, 0.25) is 0 Å². The predicted octanol–water partition coefficient (Wildman–Crippen LogP) is 1.77. The largest absolute Gasteiger partial charge is 0.265 e. The van der Waals surface area contributed by atoms with E-state index >= 15 is 0 Å². The first-order chi connectivity index (χ1) is 7.02. The lowest BCUT2D eigenvalue weighted by Gasteiger charge is -2.12. The van der Waals surface area contributed by atoms with Crippen LogP contribution in [0.15, 0.2) is 17.5 Å². The molecular weight excluding hydrogens is 220 g/mol. The molecule has 0 unspecified atom stereocenters. The smallest absolute Gasteiger partial charge is 0.224 e. The van der Waals surface area contributed by atoms with Crippen LogP contribution in [0.3, 0.4) is 0 Å². The lowest BCUT2D eigenvalue weighted by atomic mass is 10.0. The van der Waals surface area contributed by atoms with Crippen molar-refractivity contribution in [3.8, 4) is 0 Å². The van der Waals surface area contributed by atoms with Crippen molar-refractivity contribution in [2.75, 3.05) is 6.54 Å². The molecule has 1 aromatic heterocycles. The molecule has 15 heavy (non-hydrogen) atoms. The molecule has 0 saturated carbocycles. The van der Waals surface area contributed by atoms with E-state index in [0.717, 1.165) is 0 Å². The Kier molecular flexibility index (Phi) is 3.73. The molecule has 0 aliphatic carbocycles. The number of nitrogens with zero attached hydrogens (tertiary/aromatic N) is 2. The molecule has 82 valence electrons. The summed E-state index contributed by atoms with van der Waals surface area (Å²) >= 11 is 1.31. The Morgan fingerprint density at radius 1 is 1.47 bits per heavy atom. The summed E-state index contributed by atoms with van der Waals surface area (Å²) in [5.74, 6) is -0.644. The predicted molar refractivity (Wildman–Crippen MR) is 55.4 cm³/mol. The Balaban J connectivity index is 2.88. The van der Waals surface area contributed by atoms with Crippen molar-refractivity contribution in [3.63, 3.8) is 0 Å². The summed E-state index contributed by atoms with van der Waals surface area (Å²) in [5, 5.41) is 22.8. The van der Waals surface area contributed by atoms with Gasteiger partial charge in [-0.1, -0.05) is 6.07 Å². The lowest BCUT2D eigenvalue weighted by Crippen LogP contribution is -2.28. The second-order valence-corrected chi connectivity index (χ2v) is 4.14. The fourth-order valence-electron chi connectivity index (χ4n) is 1.29. The minimum Gasteiger partial charge on any atom is -0.265 e. The van der Waals surface area contributed by atoms with E-state index in [1.54, 1.807) is 17.5 Å². The summed E-state index contributed by atoms with van der Waals surface area (Å²) < 4.78 is 0. The highest BCUT2D eigenvalue weighted by Crippen LogP contribution is 2.25. The van der Waals surface area contributed by atoms with Gasteiger partial charge in [0.15, 0.2) is 0 Å². The van der Waals surface area contributed by atoms with Gasteiger partial charge in [-0.3, -0.25) is 20.2 Å². The minimum absolute atomic E-state index is 0.400. The van der Waals surface area contributed by atoms with Crippen molar-refractivity contribution in [2.45, 2.75) is 18.9 Å². The molecule has 0 aliphatic heterocycles. The van der Waals surface area contributed by atoms with E-state index in [9.17, 15) is 20.2 Å². The van der Waals surface area contributed by atoms with Gasteiger partial charge in [-0.2, -0.15) is 0 Å². The van der Waals surface area contributed by atoms with Crippen LogP contribution >= 0.6 is 11.3 Å². The third-order valence-electron chi connectivity index (χ3n) is 2.17. The van der Waals surface area contributed by atoms with E-state index in [2.05, 4.69) is 0 Å². The first kappa shape index (κ1) is 11.6. The topological polar surface area (TPSA) is 86.3 Å². The Hall–Kier alpha value is -1.50. The molecule has 7 heteroatoms. The zero-order valence-electron chi connectivity index (χ0n) is 8.03. The van der Waals surface area contributed by atoms with Crippen molar-refractivity contribution < 1.29 is 9.85 Å². The summed E-state index contributed by atoms with van der Waals surface area (Å²) in [6.07, 6.45) is 0. The van der Waals surface area contributed by atoms with Gasteiger partial charge in [0.1, 0.15) is 5.92 Å². The number of rotatable bonds is 5. The molecule has 2 atom stereocenters. The van der Waals surface area contributed by atoms with E-state index in [1.807, 2.05) is 0 Å². The van der Waals surface area contributed by atoms with Gasteiger partial charge in [-0.25, -0.2) is 0 Å². The molecule has 0 spiro atoms. The molecule has 0 fully saturated rings. The van der Waals surface area contributed by atoms with E-state index < -0.39 is 28.4 Å². The Labute approximate surface area is 89.8 Å². The standard InChI is InChI=1S/C8H10N2O4S/c1-6(10(13)14)7(5-9(11)12)8-3-2-4-15-8/h2-4,6-7H,5H2,1H3/t6-,7-/m1/s1. The van der Waals surface area contributed by atoms with Gasteiger partial charge in [0, 0.05) is 21.6 Å². The Bertz CT molecular complexity index is 352. The van der Waals surface area contributed by atoms with Gasteiger partial charge < -0.3 is 0 Å². The molecule has 0 amide bonds. The highest BCUT2D eigenvalue weighted by atomic mass is 32.1. The van der Waals surface area contributed by atoms with Gasteiger partial charge in [-0.05, 0) is 11.4 Å². The number of hydrogen-bond donors (Lipinski definition) is 0. The quantitative estimate of drug-likeness (QED) is 0.569. The maximum Gasteiger partial charge on any atom is 0.224 e. The monoisotopic (exact) mass is 230 g/mol. The summed E-state index contributed by atoms with van der Waals surface area (Å²) in [5.41, 5.74) is 0. The van der Waals surface area contributed by atoms with Crippen molar-refractivity contribution in [1.29, 1.82) is 0 Å². The average molecular weight is 230 g/mol. The van der Waals surface area contributed by atoms with Crippen molar-refractivity contribution >= 4 is 11.3 Å². The number of thiophene rings is 1. The van der Waals surface area contributed by atoms with Crippen LogP contribution in [0.5, 0.6) is 0 Å². The third kappa shape index (κ3) is 2.98. The molecule has 1 rings (SSSR count). The van der Waals surface area contributed by atoms with Crippen LogP contribution in [0, 0.1) is 20.2 Å². The van der Waals surface area contributed by atoms with Crippen molar-refractivity contribution in [1.82, 2.24) is 0 Å². The highest BCUT2D eigenvalue weighted by molar-refractivity contribution is 7.10. The van der Waals surface area contributed by atoms with E-state index in [1.165, 1.54) is 18.3 Å². The van der Waals surface area contributed by atoms with E-state index in [-0.39, 0.29) is 0 Å². The number of hydrogen-bond acceptors (Lipinski definition) is 5. The first-order valence-corrected chi connectivity index (χ1v) is 5.19. The summed E-state index contributed by atoms with van der Waals surface area (Å²) in [4.78, 5) is 20.7. The van der Waals surface area contributed by atoms with Gasteiger partial charge in [0.05, 0.1) is 0 Å². The van der Waals surface area contributed by atoms with Crippen molar-refractivity contribution in [2.24, 2.45) is 0 Å². The fraction of sp³-hybridized carbons (Fsp3) is 0.500. The molecular formula is C8H10N2O4S. The molecule has 0 N–H and O–H groups in total. The molecule has 0 saturated heterocycles. The second kappa shape index (κ2) is 4.83. The molecule has 6 nitrogen and oxygen atoms in total. The maximum absolute atomic E-state index is 10.6. The van der Waals surface area contributed by atoms with E-state index in [4.69, 9.17) is 0 Å². The molecule has 0 bridgehead atoms. The van der Waals surface area contributed by atoms with Gasteiger partial charge >= 0.3 is 0 Å². The molecule has 0 aromatic carbocycles. The van der Waals surface area contributed by atoms with Gasteiger partial charge in [0.25, 0.3) is 0 Å². The van der Waals surface area contributed by atoms with Crippen LogP contribution < -0.4 is 0 Å². The number of nitro groups is 2. The van der Waals surface area contributed by atoms with Crippen LogP contribution in [0.25, 0.3) is 0 Å². The average Bonchev–Trinajstić information content (AvgIpc) is 2.65. The van der Waals surface area contributed by atoms with Gasteiger partial charge in [0.2, 0.25) is 12.6 Å².